The van der Waals surface area contributed by atoms with Crippen molar-refractivity contribution in [2.75, 3.05) is 0 Å². The maximum atomic E-state index is 13.8. The normalized spacial score (nSPS) is 13.1. The third-order valence-corrected chi connectivity index (χ3v) is 9.94. The van der Waals surface area contributed by atoms with E-state index in [2.05, 4.69) is 47.3 Å². The highest BCUT2D eigenvalue weighted by Crippen LogP contribution is 2.12. The van der Waals surface area contributed by atoms with E-state index in [1.165, 1.54) is 30.9 Å². The fraction of sp³-hybridized carbons (Fsp3) is 0.245. The van der Waals surface area contributed by atoms with Gasteiger partial charge >= 0.3 is 0 Å². The highest BCUT2D eigenvalue weighted by atomic mass is 16.2. The molecular weight excluding hydrogens is 811 g/mol. The van der Waals surface area contributed by atoms with Crippen LogP contribution in [0.1, 0.15) is 70.7 Å². The number of carbonyl (C=O) groups is 6. The Morgan fingerprint density at radius 1 is 0.484 bits per heavy atom. The van der Waals surface area contributed by atoms with Crippen LogP contribution < -0.4 is 32.1 Å². The largest absolute Gasteiger partial charge is 0.342 e. The Labute approximate surface area is 372 Å². The number of benzene rings is 4. The zero-order chi connectivity index (χ0) is 45.8. The molecule has 0 aliphatic heterocycles. The van der Waals surface area contributed by atoms with Crippen LogP contribution in [-0.2, 0) is 32.0 Å². The summed E-state index contributed by atoms with van der Waals surface area (Å²) in [5, 5.41) is 19.2. The fourth-order valence-electron chi connectivity index (χ4n) is 6.42. The number of hydrazone groups is 2. The summed E-state index contributed by atoms with van der Waals surface area (Å²) >= 11 is 0. The van der Waals surface area contributed by atoms with Gasteiger partial charge in [0, 0.05) is 25.2 Å². The van der Waals surface area contributed by atoms with E-state index < -0.39 is 71.4 Å². The van der Waals surface area contributed by atoms with Crippen LogP contribution in [0.25, 0.3) is 0 Å². The van der Waals surface area contributed by atoms with Crippen molar-refractivity contribution in [2.45, 2.75) is 64.7 Å². The van der Waals surface area contributed by atoms with Gasteiger partial charge in [0.2, 0.25) is 11.8 Å². The van der Waals surface area contributed by atoms with E-state index in [9.17, 15) is 28.8 Å². The smallest absolute Gasteiger partial charge is 0.262 e. The van der Waals surface area contributed by atoms with Gasteiger partial charge in [0.1, 0.15) is 24.2 Å². The molecule has 6 amide bonds. The van der Waals surface area contributed by atoms with Crippen molar-refractivity contribution in [3.8, 4) is 0 Å². The van der Waals surface area contributed by atoms with Crippen molar-refractivity contribution >= 4 is 47.9 Å². The second kappa shape index (κ2) is 24.0. The zero-order valence-electron chi connectivity index (χ0n) is 36.1. The summed E-state index contributed by atoms with van der Waals surface area (Å²) in [7, 11) is 0. The van der Waals surface area contributed by atoms with E-state index in [1.54, 1.807) is 27.7 Å². The van der Waals surface area contributed by atoms with Gasteiger partial charge in [-0.3, -0.25) is 33.8 Å². The Kier molecular flexibility index (Phi) is 17.7. The fourth-order valence-corrected chi connectivity index (χ4v) is 6.42. The van der Waals surface area contributed by atoms with Gasteiger partial charge in [0.25, 0.3) is 23.6 Å². The van der Waals surface area contributed by atoms with E-state index >= 15 is 0 Å². The first-order valence-electron chi connectivity index (χ1n) is 20.9. The number of carbonyl (C=O) groups excluding carboxylic acids is 6. The van der Waals surface area contributed by atoms with Crippen LogP contribution >= 0.6 is 0 Å². The summed E-state index contributed by atoms with van der Waals surface area (Å²) in [6.07, 6.45) is 5.78. The second-order valence-corrected chi connectivity index (χ2v) is 15.6. The quantitative estimate of drug-likeness (QED) is 0.0492. The molecule has 0 bridgehead atoms. The predicted octanol–water partition coefficient (Wildman–Crippen LogP) is 4.35. The molecule has 4 unspecified atom stereocenters. The Morgan fingerprint density at radius 2 is 0.828 bits per heavy atom. The van der Waals surface area contributed by atoms with E-state index in [4.69, 9.17) is 0 Å². The average Bonchev–Trinajstić information content (AvgIpc) is 3.30. The van der Waals surface area contributed by atoms with Crippen LogP contribution in [0, 0.1) is 11.8 Å². The van der Waals surface area contributed by atoms with Crippen molar-refractivity contribution in [1.29, 1.82) is 0 Å². The standard InChI is InChI=1S/C49H53N9O6/c1-32(2)42(48(63)53-40(25-34-17-9-5-10-18-34)46(61)57-51-28-36-21-13-7-14-22-36)55-44(59)38-27-39(31-50-30-38)45(60)56-43(33(3)4)49(64)54-41(26-35-19-11-6-12-20-35)47(62)58-52-29-37-23-15-8-16-24-37/h5-24,27-33,40-43H,25-26H2,1-4H3,(H,53,63)(H,54,64)(H,55,59)(H,56,60)(H,57,61)(H,58,62)/b51-28+,52-29+. The van der Waals surface area contributed by atoms with Crippen LogP contribution in [-0.4, -0.2) is 77.0 Å². The maximum Gasteiger partial charge on any atom is 0.262 e. The molecule has 15 heteroatoms. The van der Waals surface area contributed by atoms with E-state index in [1.807, 2.05) is 121 Å². The van der Waals surface area contributed by atoms with Crippen LogP contribution in [0.2, 0.25) is 0 Å². The third kappa shape index (κ3) is 14.7. The molecule has 0 aliphatic rings. The molecule has 64 heavy (non-hydrogen) atoms. The highest BCUT2D eigenvalue weighted by molar-refractivity contribution is 6.02. The summed E-state index contributed by atoms with van der Waals surface area (Å²) in [5.74, 6) is -4.58. The molecule has 0 fully saturated rings. The monoisotopic (exact) mass is 863 g/mol. The number of amides is 6. The van der Waals surface area contributed by atoms with Gasteiger partial charge in [-0.1, -0.05) is 149 Å². The third-order valence-electron chi connectivity index (χ3n) is 9.94. The molecular formula is C49H53N9O6. The van der Waals surface area contributed by atoms with Crippen LogP contribution in [0.5, 0.6) is 0 Å². The Bertz CT molecular complexity index is 2230. The molecule has 15 nitrogen and oxygen atoms in total. The van der Waals surface area contributed by atoms with Gasteiger partial charge in [0.05, 0.1) is 23.6 Å². The number of hydrogen-bond acceptors (Lipinski definition) is 9. The van der Waals surface area contributed by atoms with Gasteiger partial charge in [-0.2, -0.15) is 10.2 Å². The molecule has 0 spiro atoms. The Morgan fingerprint density at radius 3 is 1.17 bits per heavy atom. The van der Waals surface area contributed by atoms with E-state index in [0.717, 1.165) is 22.3 Å². The Balaban J connectivity index is 1.25. The summed E-state index contributed by atoms with van der Waals surface area (Å²) < 4.78 is 0. The molecule has 330 valence electrons. The summed E-state index contributed by atoms with van der Waals surface area (Å²) in [6, 6.07) is 33.7. The van der Waals surface area contributed by atoms with E-state index in [-0.39, 0.29) is 24.0 Å². The van der Waals surface area contributed by atoms with Crippen LogP contribution in [0.4, 0.5) is 0 Å². The van der Waals surface area contributed by atoms with E-state index in [0.29, 0.717) is 0 Å². The van der Waals surface area contributed by atoms with Gasteiger partial charge in [0.15, 0.2) is 0 Å². The molecule has 0 aliphatic carbocycles. The van der Waals surface area contributed by atoms with Gasteiger partial charge in [-0.15, -0.1) is 0 Å². The lowest BCUT2D eigenvalue weighted by atomic mass is 10.00. The minimum Gasteiger partial charge on any atom is -0.342 e. The second-order valence-electron chi connectivity index (χ2n) is 15.6. The minimum atomic E-state index is -1.09. The minimum absolute atomic E-state index is 0.0267. The highest BCUT2D eigenvalue weighted by Gasteiger charge is 2.31. The molecule has 5 rings (SSSR count). The molecule has 1 heterocycles. The van der Waals surface area contributed by atoms with Crippen molar-refractivity contribution in [3.63, 3.8) is 0 Å². The number of nitrogens with one attached hydrogen (secondary N) is 6. The predicted molar refractivity (Wildman–Crippen MR) is 245 cm³/mol. The van der Waals surface area contributed by atoms with Crippen molar-refractivity contribution < 1.29 is 28.8 Å². The number of hydrogen-bond donors (Lipinski definition) is 6. The number of rotatable bonds is 20. The van der Waals surface area contributed by atoms with Crippen molar-refractivity contribution in [3.05, 3.63) is 173 Å². The van der Waals surface area contributed by atoms with Gasteiger partial charge < -0.3 is 21.3 Å². The summed E-state index contributed by atoms with van der Waals surface area (Å²) in [5.41, 5.74) is 8.08. The average molecular weight is 864 g/mol. The molecule has 0 saturated carbocycles. The van der Waals surface area contributed by atoms with Crippen molar-refractivity contribution in [2.24, 2.45) is 22.0 Å². The molecule has 0 saturated heterocycles. The lowest BCUT2D eigenvalue weighted by molar-refractivity contribution is -0.130. The number of pyridine rings is 1. The molecule has 4 aromatic carbocycles. The van der Waals surface area contributed by atoms with Crippen LogP contribution in [0.3, 0.4) is 0 Å². The molecule has 4 atom stereocenters. The molecule has 6 N–H and O–H groups in total. The molecule has 1 aromatic heterocycles. The van der Waals surface area contributed by atoms with Crippen LogP contribution in [0.15, 0.2) is 150 Å². The summed E-state index contributed by atoms with van der Waals surface area (Å²) in [4.78, 5) is 85.9. The SMILES string of the molecule is CC(C)C(NC(=O)c1cncc(C(=O)NC(C(=O)NC(Cc2ccccc2)C(=O)N/N=C/c2ccccc2)C(C)C)c1)C(=O)NC(Cc1ccccc1)C(=O)N/N=C/c1ccccc1. The topological polar surface area (TPSA) is 212 Å². The van der Waals surface area contributed by atoms with Gasteiger partial charge in [-0.05, 0) is 40.2 Å². The molecule has 5 aromatic rings. The first-order valence-corrected chi connectivity index (χ1v) is 20.9. The van der Waals surface area contributed by atoms with Crippen molar-refractivity contribution in [1.82, 2.24) is 37.1 Å². The molecule has 0 radical (unpaired) electrons. The van der Waals surface area contributed by atoms with Gasteiger partial charge in [-0.25, -0.2) is 10.9 Å². The lowest BCUT2D eigenvalue weighted by Gasteiger charge is -2.25. The zero-order valence-corrected chi connectivity index (χ0v) is 36.1. The Hall–Kier alpha value is -7.81. The summed E-state index contributed by atoms with van der Waals surface area (Å²) in [6.45, 7) is 6.97. The number of nitrogens with zero attached hydrogens (tertiary/aromatic N) is 3. The maximum absolute atomic E-state index is 13.8. The lowest BCUT2D eigenvalue weighted by Crippen LogP contribution is -2.55. The first-order chi connectivity index (χ1) is 30.9. The first kappa shape index (κ1) is 47.2. The number of aromatic nitrogens is 1.